The molecule has 65 heavy (non-hydrogen) atoms. The van der Waals surface area contributed by atoms with E-state index in [1.165, 1.54) is 48.7 Å². The minimum atomic E-state index is 0. The molecule has 1 unspecified atom stereocenters. The second kappa shape index (κ2) is 22.1. The van der Waals surface area contributed by atoms with E-state index >= 15 is 0 Å². The Morgan fingerprint density at radius 1 is 0.385 bits per heavy atom. The van der Waals surface area contributed by atoms with Gasteiger partial charge in [0.1, 0.15) is 0 Å². The fourth-order valence-corrected chi connectivity index (χ4v) is 7.83. The Morgan fingerprint density at radius 3 is 1.28 bits per heavy atom. The van der Waals surface area contributed by atoms with Crippen molar-refractivity contribution in [2.45, 2.75) is 12.3 Å². The van der Waals surface area contributed by atoms with Crippen LogP contribution in [-0.2, 0) is 20.1 Å². The average Bonchev–Trinajstić information content (AvgIpc) is 3.39. The zero-order valence-electron chi connectivity index (χ0n) is 35.5. The van der Waals surface area contributed by atoms with Crippen molar-refractivity contribution in [3.8, 4) is 33.8 Å². The third-order valence-electron chi connectivity index (χ3n) is 10.9. The van der Waals surface area contributed by atoms with Crippen molar-refractivity contribution in [1.82, 2.24) is 19.9 Å². The first-order valence-corrected chi connectivity index (χ1v) is 21.4. The molecule has 0 saturated carbocycles. The minimum Gasteiger partial charge on any atom is -0.304 e. The molecule has 5 heteroatoms. The first-order valence-electron chi connectivity index (χ1n) is 21.4. The molecular formula is C60H43IrN4-3. The summed E-state index contributed by atoms with van der Waals surface area (Å²) in [6, 6.07) is 74.0. The summed E-state index contributed by atoms with van der Waals surface area (Å²) in [5, 5.41) is 9.71. The summed E-state index contributed by atoms with van der Waals surface area (Å²) in [4.78, 5) is 17.9. The molecule has 4 aromatic heterocycles. The summed E-state index contributed by atoms with van der Waals surface area (Å²) in [5.41, 5.74) is 7.44. The third-order valence-corrected chi connectivity index (χ3v) is 10.9. The molecule has 4 heterocycles. The van der Waals surface area contributed by atoms with E-state index in [9.17, 15) is 0 Å². The van der Waals surface area contributed by atoms with Gasteiger partial charge in [0.25, 0.3) is 0 Å². The van der Waals surface area contributed by atoms with Crippen LogP contribution in [0.3, 0.4) is 0 Å². The summed E-state index contributed by atoms with van der Waals surface area (Å²) in [6.45, 7) is 0. The van der Waals surface area contributed by atoms with Crippen molar-refractivity contribution in [3.05, 3.63) is 267 Å². The molecule has 315 valence electrons. The molecule has 4 nitrogen and oxygen atoms in total. The van der Waals surface area contributed by atoms with E-state index in [2.05, 4.69) is 135 Å². The van der Waals surface area contributed by atoms with Crippen LogP contribution in [0.15, 0.2) is 243 Å². The van der Waals surface area contributed by atoms with Gasteiger partial charge < -0.3 is 9.97 Å². The van der Waals surface area contributed by atoms with Crippen LogP contribution < -0.4 is 0 Å². The Labute approximate surface area is 394 Å². The molecule has 0 bridgehead atoms. The van der Waals surface area contributed by atoms with E-state index in [-0.39, 0.29) is 20.1 Å². The first-order chi connectivity index (χ1) is 31.8. The van der Waals surface area contributed by atoms with Crippen molar-refractivity contribution in [3.63, 3.8) is 0 Å². The van der Waals surface area contributed by atoms with Crippen LogP contribution in [0.4, 0.5) is 0 Å². The van der Waals surface area contributed by atoms with Gasteiger partial charge >= 0.3 is 0 Å². The molecule has 7 aromatic carbocycles. The van der Waals surface area contributed by atoms with Crippen molar-refractivity contribution >= 4 is 43.1 Å². The maximum absolute atomic E-state index is 4.51. The first kappa shape index (κ1) is 43.9. The van der Waals surface area contributed by atoms with Crippen molar-refractivity contribution in [2.75, 3.05) is 0 Å². The molecule has 1 radical (unpaired) electrons. The largest absolute Gasteiger partial charge is 0.304 e. The van der Waals surface area contributed by atoms with Gasteiger partial charge in [-0.05, 0) is 68.0 Å². The molecule has 0 aliphatic heterocycles. The van der Waals surface area contributed by atoms with Crippen LogP contribution in [0.5, 0.6) is 0 Å². The van der Waals surface area contributed by atoms with E-state index in [1.807, 2.05) is 146 Å². The van der Waals surface area contributed by atoms with E-state index in [1.54, 1.807) is 0 Å². The number of benzene rings is 7. The van der Waals surface area contributed by atoms with E-state index in [4.69, 9.17) is 0 Å². The average molecular weight is 1010 g/mol. The van der Waals surface area contributed by atoms with Crippen LogP contribution in [0, 0.1) is 18.2 Å². The number of hydrogen-bond acceptors (Lipinski definition) is 4. The Balaban J connectivity index is 0.000000118. The van der Waals surface area contributed by atoms with Gasteiger partial charge in [-0.25, -0.2) is 12.2 Å². The molecule has 0 amide bonds. The summed E-state index contributed by atoms with van der Waals surface area (Å²) in [6.07, 6.45) is 18.0. The zero-order chi connectivity index (χ0) is 43.2. The van der Waals surface area contributed by atoms with E-state index in [0.717, 1.165) is 40.3 Å². The molecule has 0 saturated heterocycles. The van der Waals surface area contributed by atoms with Crippen molar-refractivity contribution < 1.29 is 20.1 Å². The predicted octanol–water partition coefficient (Wildman–Crippen LogP) is 14.9. The predicted molar refractivity (Wildman–Crippen MR) is 265 cm³/mol. The molecular weight excluding hydrogens is 969 g/mol. The Kier molecular flexibility index (Phi) is 14.9. The molecule has 12 rings (SSSR count). The zero-order valence-corrected chi connectivity index (χ0v) is 37.9. The molecule has 1 aliphatic rings. The Morgan fingerprint density at radius 2 is 0.800 bits per heavy atom. The maximum Gasteiger partial charge on any atom is 0.0780 e. The molecule has 11 aromatic rings. The van der Waals surface area contributed by atoms with Crippen LogP contribution in [0.25, 0.3) is 76.9 Å². The monoisotopic (exact) mass is 1010 g/mol. The SMILES string of the molecule is [C-]1=CC=CCC1c1nccc2ccccc12.[Ir].[c-]1ccccc1-c1nccc2ccccc12.[c-]1ccccc1-c1nccc2ccccc12.c1ccc(-c2nccc3ccccc23)cc1. The van der Waals surface area contributed by atoms with Gasteiger partial charge in [0.15, 0.2) is 0 Å². The number of fused-ring (bicyclic) bond motifs is 4. The van der Waals surface area contributed by atoms with Gasteiger partial charge in [0, 0.05) is 66.9 Å². The number of pyridine rings is 4. The number of allylic oxidation sites excluding steroid dienone is 4. The summed E-state index contributed by atoms with van der Waals surface area (Å²) >= 11 is 0. The van der Waals surface area contributed by atoms with Gasteiger partial charge in [-0.2, -0.15) is 6.08 Å². The number of aromatic nitrogens is 4. The quantitative estimate of drug-likeness (QED) is 0.165. The maximum atomic E-state index is 4.51. The van der Waals surface area contributed by atoms with Crippen molar-refractivity contribution in [2.24, 2.45) is 0 Å². The number of hydrogen-bond donors (Lipinski definition) is 0. The van der Waals surface area contributed by atoms with Gasteiger partial charge in [-0.3, -0.25) is 16.0 Å². The molecule has 0 spiro atoms. The fraction of sp³-hybridized carbons (Fsp3) is 0.0333. The summed E-state index contributed by atoms with van der Waals surface area (Å²) in [5.74, 6) is 0.302. The van der Waals surface area contributed by atoms with E-state index < -0.39 is 0 Å². The fourth-order valence-electron chi connectivity index (χ4n) is 7.83. The van der Waals surface area contributed by atoms with Crippen LogP contribution >= 0.6 is 0 Å². The Bertz CT molecular complexity index is 3020. The van der Waals surface area contributed by atoms with E-state index in [0.29, 0.717) is 5.92 Å². The van der Waals surface area contributed by atoms with Gasteiger partial charge in [0.2, 0.25) is 0 Å². The van der Waals surface area contributed by atoms with Crippen LogP contribution in [-0.4, -0.2) is 19.9 Å². The smallest absolute Gasteiger partial charge is 0.0780 e. The van der Waals surface area contributed by atoms with Crippen molar-refractivity contribution in [1.29, 1.82) is 0 Å². The molecule has 1 aliphatic carbocycles. The molecule has 0 fully saturated rings. The summed E-state index contributed by atoms with van der Waals surface area (Å²) in [7, 11) is 0. The molecule has 0 N–H and O–H groups in total. The molecule has 1 atom stereocenters. The second-order valence-corrected chi connectivity index (χ2v) is 15.0. The van der Waals surface area contributed by atoms with Gasteiger partial charge in [-0.1, -0.05) is 140 Å². The normalized spacial score (nSPS) is 12.5. The standard InChI is InChI=1S/C15H12N.C15H11N.2C15H10N.Ir/c4*1-2-7-13(8-3-1)15-14-9-5-4-6-12(14)10-11-16-15;/h1-6,9-11,13H,7H2;1-11H;2*1-7,9-11H;/q-1;;2*-1;. The summed E-state index contributed by atoms with van der Waals surface area (Å²) < 4.78 is 0. The second-order valence-electron chi connectivity index (χ2n) is 15.0. The minimum absolute atomic E-state index is 0. The number of nitrogens with zero attached hydrogens (tertiary/aromatic N) is 4. The van der Waals surface area contributed by atoms with Crippen LogP contribution in [0.2, 0.25) is 0 Å². The Hall–Kier alpha value is -7.69. The topological polar surface area (TPSA) is 51.6 Å². The van der Waals surface area contributed by atoms with Gasteiger partial charge in [0.05, 0.1) is 5.69 Å². The third kappa shape index (κ3) is 10.7. The number of rotatable bonds is 4. The van der Waals surface area contributed by atoms with Crippen LogP contribution in [0.1, 0.15) is 18.0 Å². The van der Waals surface area contributed by atoms with Gasteiger partial charge in [-0.15, -0.1) is 71.8 Å².